The number of benzene rings is 1. The summed E-state index contributed by atoms with van der Waals surface area (Å²) in [6.07, 6.45) is 14.2. The van der Waals surface area contributed by atoms with Gasteiger partial charge in [0.2, 0.25) is 5.91 Å². The van der Waals surface area contributed by atoms with Crippen molar-refractivity contribution >= 4 is 41.1 Å². The fourth-order valence-corrected chi connectivity index (χ4v) is 6.45. The minimum atomic E-state index is -3.07. The lowest BCUT2D eigenvalue weighted by atomic mass is 9.99. The number of halogens is 2. The van der Waals surface area contributed by atoms with Crippen molar-refractivity contribution in [3.05, 3.63) is 54.6 Å². The molecule has 4 aromatic rings. The first-order chi connectivity index (χ1) is 22.3. The van der Waals surface area contributed by atoms with E-state index in [4.69, 9.17) is 4.74 Å². The number of hydrogen-bond acceptors (Lipinski definition) is 9. The van der Waals surface area contributed by atoms with Crippen molar-refractivity contribution in [3.63, 3.8) is 0 Å². The average molecular weight is 650 g/mol. The third kappa shape index (κ3) is 6.33. The first-order valence-electron chi connectivity index (χ1n) is 15.2. The summed E-state index contributed by atoms with van der Waals surface area (Å²) in [5.74, 6) is -0.744. The van der Waals surface area contributed by atoms with E-state index >= 15 is 0 Å². The zero-order chi connectivity index (χ0) is 31.8. The van der Waals surface area contributed by atoms with Crippen molar-refractivity contribution in [2.45, 2.75) is 55.8 Å². The van der Waals surface area contributed by atoms with Crippen molar-refractivity contribution in [3.8, 4) is 17.0 Å². The second-order valence-corrected chi connectivity index (χ2v) is 12.8. The molecule has 1 saturated carbocycles. The molecule has 2 aliphatic heterocycles. The van der Waals surface area contributed by atoms with Crippen LogP contribution in [0.3, 0.4) is 0 Å². The first kappa shape index (κ1) is 30.3. The van der Waals surface area contributed by atoms with Crippen LogP contribution in [-0.4, -0.2) is 91.9 Å². The summed E-state index contributed by atoms with van der Waals surface area (Å²) in [7, 11) is 0. The summed E-state index contributed by atoms with van der Waals surface area (Å²) in [5, 5.41) is 15.3. The largest absolute Gasteiger partial charge is 0.434 e. The van der Waals surface area contributed by atoms with Crippen molar-refractivity contribution < 1.29 is 23.1 Å². The number of fused-ring (bicyclic) bond motifs is 1. The molecule has 7 rings (SSSR count). The summed E-state index contributed by atoms with van der Waals surface area (Å²) in [6.45, 7) is -0.967. The number of alkyl halides is 2. The maximum absolute atomic E-state index is 13.4. The Hall–Kier alpha value is -4.37. The maximum Gasteiger partial charge on any atom is 0.387 e. The number of carbonyl (C=O) groups excluding carboxylic acids is 2. The Labute approximate surface area is 267 Å². The van der Waals surface area contributed by atoms with Gasteiger partial charge in [0.15, 0.2) is 5.65 Å². The number of thioether (sulfide) groups is 1. The summed E-state index contributed by atoms with van der Waals surface area (Å²) < 4.78 is 34.5. The summed E-state index contributed by atoms with van der Waals surface area (Å²) >= 11 is 1.42. The van der Waals surface area contributed by atoms with E-state index in [0.717, 1.165) is 24.3 Å². The van der Waals surface area contributed by atoms with Crippen molar-refractivity contribution in [1.29, 1.82) is 0 Å². The van der Waals surface area contributed by atoms with Gasteiger partial charge in [-0.05, 0) is 56.2 Å². The first-order valence-corrected chi connectivity index (χ1v) is 16.4. The van der Waals surface area contributed by atoms with Crippen LogP contribution in [0.5, 0.6) is 5.75 Å². The van der Waals surface area contributed by atoms with Gasteiger partial charge in [-0.15, -0.1) is 11.8 Å². The highest BCUT2D eigenvalue weighted by atomic mass is 32.2. The van der Waals surface area contributed by atoms with Gasteiger partial charge in [0.05, 0.1) is 17.9 Å². The lowest BCUT2D eigenvalue weighted by Crippen LogP contribution is -2.47. The van der Waals surface area contributed by atoms with E-state index in [1.807, 2.05) is 17.4 Å². The number of nitrogens with zero attached hydrogens (tertiary/aromatic N) is 7. The number of anilines is 1. The zero-order valence-corrected chi connectivity index (χ0v) is 25.9. The third-order valence-corrected chi connectivity index (χ3v) is 9.62. The van der Waals surface area contributed by atoms with Gasteiger partial charge in [-0.25, -0.2) is 9.50 Å². The number of rotatable bonds is 12. The molecule has 0 bridgehead atoms. The topological polar surface area (TPSA) is 131 Å². The number of hydrogen-bond donors (Lipinski definition) is 2. The molecule has 0 radical (unpaired) electrons. The molecule has 2 fully saturated rings. The molecular formula is C31H33F2N9O3S. The fraction of sp³-hybridized carbons (Fsp3) is 0.419. The van der Waals surface area contributed by atoms with E-state index in [2.05, 4.69) is 30.8 Å². The Bertz CT molecular complexity index is 1790. The number of ether oxygens (including phenoxy) is 1. The van der Waals surface area contributed by atoms with Crippen LogP contribution in [0.4, 0.5) is 14.5 Å². The molecule has 5 heterocycles. The zero-order valence-electron chi connectivity index (χ0n) is 25.1. The van der Waals surface area contributed by atoms with Crippen LogP contribution in [0.15, 0.2) is 58.9 Å². The van der Waals surface area contributed by atoms with E-state index in [1.165, 1.54) is 52.3 Å². The molecule has 240 valence electrons. The molecule has 12 nitrogen and oxygen atoms in total. The minimum absolute atomic E-state index is 0.0887. The van der Waals surface area contributed by atoms with Crippen molar-refractivity contribution in [2.75, 3.05) is 31.2 Å². The molecule has 1 aliphatic carbocycles. The van der Waals surface area contributed by atoms with Crippen LogP contribution in [0.1, 0.15) is 36.0 Å². The summed E-state index contributed by atoms with van der Waals surface area (Å²) in [6, 6.07) is 7.23. The van der Waals surface area contributed by atoms with Gasteiger partial charge in [-0.3, -0.25) is 19.3 Å². The predicted molar refractivity (Wildman–Crippen MR) is 169 cm³/mol. The van der Waals surface area contributed by atoms with E-state index < -0.39 is 12.5 Å². The van der Waals surface area contributed by atoms with Crippen LogP contribution in [0, 0.1) is 5.41 Å². The average Bonchev–Trinajstić information content (AvgIpc) is 3.98. The molecule has 1 unspecified atom stereocenters. The van der Waals surface area contributed by atoms with Crippen molar-refractivity contribution in [1.82, 2.24) is 34.6 Å². The number of carbonyl (C=O) groups is 2. The van der Waals surface area contributed by atoms with Gasteiger partial charge < -0.3 is 20.3 Å². The van der Waals surface area contributed by atoms with Gasteiger partial charge in [-0.1, -0.05) is 0 Å². The van der Waals surface area contributed by atoms with Crippen LogP contribution >= 0.6 is 11.8 Å². The predicted octanol–water partition coefficient (Wildman–Crippen LogP) is 3.98. The molecule has 2 N–H and O–H groups in total. The molecule has 3 aromatic heterocycles. The Morgan fingerprint density at radius 3 is 2.74 bits per heavy atom. The Morgan fingerprint density at radius 1 is 1.22 bits per heavy atom. The molecule has 2 amide bonds. The summed E-state index contributed by atoms with van der Waals surface area (Å²) in [4.78, 5) is 38.1. The number of likely N-dealkylation sites (tertiary alicyclic amines) is 1. The Kier molecular flexibility index (Phi) is 8.19. The molecular weight excluding hydrogens is 616 g/mol. The smallest absolute Gasteiger partial charge is 0.387 e. The Morgan fingerprint density at radius 2 is 2.02 bits per heavy atom. The Balaban J connectivity index is 1.10. The summed E-state index contributed by atoms with van der Waals surface area (Å²) in [5.41, 5.74) is 1.54. The lowest BCUT2D eigenvalue weighted by Gasteiger charge is -2.33. The molecule has 3 aliphatic rings. The van der Waals surface area contributed by atoms with E-state index in [9.17, 15) is 18.4 Å². The second-order valence-electron chi connectivity index (χ2n) is 11.9. The minimum Gasteiger partial charge on any atom is -0.434 e. The fourth-order valence-electron chi connectivity index (χ4n) is 6.01. The molecule has 15 heteroatoms. The van der Waals surface area contributed by atoms with Crippen LogP contribution in [-0.2, 0) is 11.3 Å². The van der Waals surface area contributed by atoms with Crippen LogP contribution in [0.2, 0.25) is 0 Å². The third-order valence-electron chi connectivity index (χ3n) is 8.90. The number of aliphatic imine (C=N–C) groups is 1. The molecule has 1 atom stereocenters. The molecule has 1 aromatic carbocycles. The second kappa shape index (κ2) is 12.4. The highest BCUT2D eigenvalue weighted by Crippen LogP contribution is 2.51. The van der Waals surface area contributed by atoms with E-state index in [0.29, 0.717) is 36.2 Å². The number of amides is 2. The van der Waals surface area contributed by atoms with E-state index in [-0.39, 0.29) is 40.7 Å². The molecule has 46 heavy (non-hydrogen) atoms. The highest BCUT2D eigenvalue weighted by molar-refractivity contribution is 7.98. The normalized spacial score (nSPS) is 18.7. The molecule has 0 spiro atoms. The van der Waals surface area contributed by atoms with Gasteiger partial charge in [0.25, 0.3) is 5.91 Å². The SMILES string of the molecule is CSc1ccc(OC(F)F)c(-c2nn(CC(=O)N3CCC(NCC4(C5C=N5)CC4)CC3)cc2NC(=O)c2cnn3cccnc23)c1. The van der Waals surface area contributed by atoms with Crippen LogP contribution in [0.25, 0.3) is 16.9 Å². The maximum atomic E-state index is 13.4. The van der Waals surface area contributed by atoms with E-state index in [1.54, 1.807) is 30.6 Å². The van der Waals surface area contributed by atoms with Crippen LogP contribution < -0.4 is 15.4 Å². The highest BCUT2D eigenvalue weighted by Gasteiger charge is 2.52. The quantitative estimate of drug-likeness (QED) is 0.221. The van der Waals surface area contributed by atoms with Gasteiger partial charge in [-0.2, -0.15) is 19.0 Å². The van der Waals surface area contributed by atoms with Gasteiger partial charge in [0, 0.05) is 66.4 Å². The lowest BCUT2D eigenvalue weighted by molar-refractivity contribution is -0.133. The monoisotopic (exact) mass is 649 g/mol. The number of aromatic nitrogens is 5. The van der Waals surface area contributed by atoms with Crippen molar-refractivity contribution in [2.24, 2.45) is 10.4 Å². The number of nitrogens with one attached hydrogen (secondary N) is 2. The standard InChI is InChI=1S/C31H33F2N9O3S/c1-46-20-3-4-24(45-30(32)33)21(13-20)27-23(38-29(44)22-14-37-42-10-2-9-34-28(22)42)16-41(39-27)17-26(43)40-11-5-19(6-12-40)36-18-31(7-8-31)25-15-35-25/h2-4,9-10,13-16,19,25,30,36H,5-8,11-12,17-18H2,1H3,(H,38,44). The number of piperidine rings is 1. The van der Waals surface area contributed by atoms with Gasteiger partial charge in [0.1, 0.15) is 23.6 Å². The van der Waals surface area contributed by atoms with Gasteiger partial charge >= 0.3 is 6.61 Å². The molecule has 1 saturated heterocycles.